The van der Waals surface area contributed by atoms with Crippen molar-refractivity contribution in [1.29, 1.82) is 0 Å². The van der Waals surface area contributed by atoms with Crippen LogP contribution in [0.2, 0.25) is 0 Å². The number of benzene rings is 1. The van der Waals surface area contributed by atoms with Crippen molar-refractivity contribution < 1.29 is 0 Å². The SMILES string of the molecule is NC1CCc2cc(N3CCC4CCCCC4C3)ccc21. The highest BCUT2D eigenvalue weighted by Crippen LogP contribution is 2.39. The van der Waals surface area contributed by atoms with Crippen molar-refractivity contribution >= 4 is 5.69 Å². The maximum Gasteiger partial charge on any atom is 0.0369 e. The Kier molecular flexibility index (Phi) is 3.22. The van der Waals surface area contributed by atoms with Crippen LogP contribution >= 0.6 is 0 Å². The molecule has 2 fully saturated rings. The Balaban J connectivity index is 1.53. The van der Waals surface area contributed by atoms with Crippen molar-refractivity contribution in [3.05, 3.63) is 29.3 Å². The Morgan fingerprint density at radius 3 is 2.75 bits per heavy atom. The lowest BCUT2D eigenvalue weighted by Gasteiger charge is -2.42. The molecule has 2 nitrogen and oxygen atoms in total. The van der Waals surface area contributed by atoms with Gasteiger partial charge in [-0.25, -0.2) is 0 Å². The molecule has 1 aromatic carbocycles. The van der Waals surface area contributed by atoms with Gasteiger partial charge in [-0.05, 0) is 60.8 Å². The summed E-state index contributed by atoms with van der Waals surface area (Å²) in [6.07, 6.45) is 9.56. The number of rotatable bonds is 1. The quantitative estimate of drug-likeness (QED) is 0.844. The minimum Gasteiger partial charge on any atom is -0.371 e. The zero-order valence-electron chi connectivity index (χ0n) is 12.4. The second kappa shape index (κ2) is 5.07. The molecule has 4 rings (SSSR count). The van der Waals surface area contributed by atoms with Gasteiger partial charge in [0.05, 0.1) is 0 Å². The van der Waals surface area contributed by atoms with E-state index in [1.807, 2.05) is 0 Å². The zero-order chi connectivity index (χ0) is 13.5. The van der Waals surface area contributed by atoms with Gasteiger partial charge in [0.2, 0.25) is 0 Å². The second-order valence-electron chi connectivity index (χ2n) is 7.07. The van der Waals surface area contributed by atoms with Crippen LogP contribution in [-0.2, 0) is 6.42 Å². The van der Waals surface area contributed by atoms with Gasteiger partial charge in [0.1, 0.15) is 0 Å². The molecule has 108 valence electrons. The molecule has 0 spiro atoms. The van der Waals surface area contributed by atoms with Gasteiger partial charge < -0.3 is 10.6 Å². The number of anilines is 1. The molecule has 1 aromatic rings. The van der Waals surface area contributed by atoms with Crippen molar-refractivity contribution in [1.82, 2.24) is 0 Å². The Labute approximate surface area is 122 Å². The van der Waals surface area contributed by atoms with E-state index in [0.717, 1.165) is 18.3 Å². The van der Waals surface area contributed by atoms with Crippen molar-refractivity contribution in [3.8, 4) is 0 Å². The number of nitrogens with two attached hydrogens (primary N) is 1. The molecule has 1 saturated carbocycles. The molecule has 1 saturated heterocycles. The lowest BCUT2D eigenvalue weighted by molar-refractivity contribution is 0.202. The van der Waals surface area contributed by atoms with Crippen molar-refractivity contribution in [2.45, 2.75) is 51.0 Å². The third-order valence-electron chi connectivity index (χ3n) is 5.91. The van der Waals surface area contributed by atoms with Crippen molar-refractivity contribution in [3.63, 3.8) is 0 Å². The van der Waals surface area contributed by atoms with Gasteiger partial charge in [-0.2, -0.15) is 0 Å². The van der Waals surface area contributed by atoms with Crippen LogP contribution in [-0.4, -0.2) is 13.1 Å². The summed E-state index contributed by atoms with van der Waals surface area (Å²) in [6.45, 7) is 2.54. The van der Waals surface area contributed by atoms with E-state index in [9.17, 15) is 0 Å². The normalized spacial score (nSPS) is 32.9. The summed E-state index contributed by atoms with van der Waals surface area (Å²) in [7, 11) is 0. The molecule has 3 atom stereocenters. The number of fused-ring (bicyclic) bond motifs is 2. The van der Waals surface area contributed by atoms with E-state index in [4.69, 9.17) is 5.73 Å². The Bertz CT molecular complexity index is 496. The number of piperidine rings is 1. The van der Waals surface area contributed by atoms with Gasteiger partial charge in [-0.15, -0.1) is 0 Å². The van der Waals surface area contributed by atoms with Gasteiger partial charge in [0.25, 0.3) is 0 Å². The average molecular weight is 270 g/mol. The fourth-order valence-corrected chi connectivity index (χ4v) is 4.67. The van der Waals surface area contributed by atoms with Crippen LogP contribution in [0.15, 0.2) is 18.2 Å². The van der Waals surface area contributed by atoms with E-state index in [-0.39, 0.29) is 6.04 Å². The van der Waals surface area contributed by atoms with E-state index in [0.29, 0.717) is 0 Å². The molecule has 2 aliphatic carbocycles. The van der Waals surface area contributed by atoms with Gasteiger partial charge in [-0.1, -0.05) is 25.3 Å². The minimum absolute atomic E-state index is 0.281. The molecule has 20 heavy (non-hydrogen) atoms. The first-order valence-corrected chi connectivity index (χ1v) is 8.44. The first-order valence-electron chi connectivity index (χ1n) is 8.44. The van der Waals surface area contributed by atoms with Crippen LogP contribution in [0.1, 0.15) is 55.7 Å². The summed E-state index contributed by atoms with van der Waals surface area (Å²) < 4.78 is 0. The molecule has 2 heteroatoms. The van der Waals surface area contributed by atoms with E-state index in [2.05, 4.69) is 23.1 Å². The zero-order valence-corrected chi connectivity index (χ0v) is 12.4. The lowest BCUT2D eigenvalue weighted by atomic mass is 9.75. The lowest BCUT2D eigenvalue weighted by Crippen LogP contribution is -2.41. The summed E-state index contributed by atoms with van der Waals surface area (Å²) in [5.74, 6) is 1.97. The van der Waals surface area contributed by atoms with E-state index in [1.165, 1.54) is 68.4 Å². The van der Waals surface area contributed by atoms with Gasteiger partial charge in [-0.3, -0.25) is 0 Å². The highest BCUT2D eigenvalue weighted by molar-refractivity contribution is 5.53. The first-order chi connectivity index (χ1) is 9.81. The fraction of sp³-hybridized carbons (Fsp3) is 0.667. The van der Waals surface area contributed by atoms with Crippen LogP contribution in [0.5, 0.6) is 0 Å². The van der Waals surface area contributed by atoms with Crippen LogP contribution in [0, 0.1) is 11.8 Å². The molecule has 2 N–H and O–H groups in total. The third-order valence-corrected chi connectivity index (χ3v) is 5.91. The van der Waals surface area contributed by atoms with Crippen LogP contribution in [0.25, 0.3) is 0 Å². The predicted molar refractivity (Wildman–Crippen MR) is 84.0 cm³/mol. The number of hydrogen-bond acceptors (Lipinski definition) is 2. The Hall–Kier alpha value is -1.02. The summed E-state index contributed by atoms with van der Waals surface area (Å²) in [5, 5.41) is 0. The maximum atomic E-state index is 6.15. The molecular weight excluding hydrogens is 244 g/mol. The average Bonchev–Trinajstić information content (AvgIpc) is 2.88. The molecule has 0 radical (unpaired) electrons. The highest BCUT2D eigenvalue weighted by Gasteiger charge is 2.31. The van der Waals surface area contributed by atoms with Crippen molar-refractivity contribution in [2.75, 3.05) is 18.0 Å². The standard InChI is InChI=1S/C18H26N2/c19-18-8-5-14-11-16(6-7-17(14)18)20-10-9-13-3-1-2-4-15(13)12-20/h6-7,11,13,15,18H,1-5,8-10,12,19H2. The molecular formula is C18H26N2. The first kappa shape index (κ1) is 12.7. The van der Waals surface area contributed by atoms with Gasteiger partial charge in [0, 0.05) is 24.8 Å². The minimum atomic E-state index is 0.281. The summed E-state index contributed by atoms with van der Waals surface area (Å²) >= 11 is 0. The van der Waals surface area contributed by atoms with E-state index >= 15 is 0 Å². The molecule has 0 amide bonds. The molecule has 1 aliphatic heterocycles. The van der Waals surface area contributed by atoms with Crippen molar-refractivity contribution in [2.24, 2.45) is 17.6 Å². The Morgan fingerprint density at radius 2 is 1.85 bits per heavy atom. The maximum absolute atomic E-state index is 6.15. The number of hydrogen-bond donors (Lipinski definition) is 1. The van der Waals surface area contributed by atoms with E-state index in [1.54, 1.807) is 0 Å². The Morgan fingerprint density at radius 1 is 1.00 bits per heavy atom. The van der Waals surface area contributed by atoms with Gasteiger partial charge >= 0.3 is 0 Å². The predicted octanol–water partition coefficient (Wildman–Crippen LogP) is 3.65. The smallest absolute Gasteiger partial charge is 0.0369 e. The van der Waals surface area contributed by atoms with Gasteiger partial charge in [0.15, 0.2) is 0 Å². The number of nitrogens with zero attached hydrogens (tertiary/aromatic N) is 1. The highest BCUT2D eigenvalue weighted by atomic mass is 15.1. The summed E-state index contributed by atoms with van der Waals surface area (Å²) in [4.78, 5) is 2.64. The molecule has 3 aliphatic rings. The summed E-state index contributed by atoms with van der Waals surface area (Å²) in [6, 6.07) is 7.30. The molecule has 1 heterocycles. The van der Waals surface area contributed by atoms with Crippen LogP contribution in [0.4, 0.5) is 5.69 Å². The monoisotopic (exact) mass is 270 g/mol. The molecule has 0 aromatic heterocycles. The van der Waals surface area contributed by atoms with Crippen LogP contribution < -0.4 is 10.6 Å². The fourth-order valence-electron chi connectivity index (χ4n) is 4.67. The van der Waals surface area contributed by atoms with Crippen LogP contribution in [0.3, 0.4) is 0 Å². The topological polar surface area (TPSA) is 29.3 Å². The molecule has 3 unspecified atom stereocenters. The number of aryl methyl sites for hydroxylation is 1. The summed E-state index contributed by atoms with van der Waals surface area (Å²) in [5.41, 5.74) is 10.5. The largest absolute Gasteiger partial charge is 0.371 e. The second-order valence-corrected chi connectivity index (χ2v) is 7.07. The van der Waals surface area contributed by atoms with E-state index < -0.39 is 0 Å². The molecule has 0 bridgehead atoms. The third kappa shape index (κ3) is 2.14.